The molecule has 0 radical (unpaired) electrons. The lowest BCUT2D eigenvalue weighted by Crippen LogP contribution is -2.44. The Morgan fingerprint density at radius 2 is 2.19 bits per heavy atom. The first kappa shape index (κ1) is 11.2. The number of primary amides is 1. The van der Waals surface area contributed by atoms with Crippen LogP contribution in [0.4, 0.5) is 5.82 Å². The Morgan fingerprint density at radius 3 is 2.75 bits per heavy atom. The number of nitrogens with zero attached hydrogens (tertiary/aromatic N) is 2. The van der Waals surface area contributed by atoms with Gasteiger partial charge in [-0.2, -0.15) is 0 Å². The molecule has 1 saturated heterocycles. The second-order valence-electron chi connectivity index (χ2n) is 3.63. The van der Waals surface area contributed by atoms with Crippen LogP contribution in [-0.2, 0) is 0 Å². The zero-order chi connectivity index (χ0) is 11.5. The fraction of sp³-hybridized carbons (Fsp3) is 0.400. The van der Waals surface area contributed by atoms with Crippen molar-refractivity contribution in [2.24, 2.45) is 5.73 Å². The molecule has 1 aliphatic rings. The van der Waals surface area contributed by atoms with Gasteiger partial charge in [-0.1, -0.05) is 11.6 Å². The molecule has 0 spiro atoms. The third-order valence-electron chi connectivity index (χ3n) is 2.52. The molecule has 1 fully saturated rings. The van der Waals surface area contributed by atoms with Gasteiger partial charge in [0.15, 0.2) is 0 Å². The summed E-state index contributed by atoms with van der Waals surface area (Å²) >= 11 is 6.07. The molecule has 0 aromatic carbocycles. The maximum absolute atomic E-state index is 10.9. The summed E-state index contributed by atoms with van der Waals surface area (Å²) in [4.78, 5) is 17.2. The smallest absolute Gasteiger partial charge is 0.250 e. The van der Waals surface area contributed by atoms with Crippen molar-refractivity contribution in [1.82, 2.24) is 10.3 Å². The molecular weight excluding hydrogens is 228 g/mol. The van der Waals surface area contributed by atoms with Gasteiger partial charge in [0.2, 0.25) is 5.91 Å². The fourth-order valence-electron chi connectivity index (χ4n) is 1.67. The van der Waals surface area contributed by atoms with Crippen LogP contribution in [0.1, 0.15) is 10.4 Å². The van der Waals surface area contributed by atoms with Crippen LogP contribution >= 0.6 is 11.6 Å². The molecule has 16 heavy (non-hydrogen) atoms. The second kappa shape index (κ2) is 4.67. The molecule has 1 aromatic rings. The van der Waals surface area contributed by atoms with Gasteiger partial charge in [0.05, 0.1) is 10.6 Å². The molecule has 5 nitrogen and oxygen atoms in total. The number of nitrogens with one attached hydrogen (secondary N) is 1. The second-order valence-corrected chi connectivity index (χ2v) is 4.04. The average Bonchev–Trinajstić information content (AvgIpc) is 2.30. The highest BCUT2D eigenvalue weighted by molar-refractivity contribution is 6.33. The van der Waals surface area contributed by atoms with Crippen molar-refractivity contribution in [1.29, 1.82) is 0 Å². The van der Waals surface area contributed by atoms with Crippen LogP contribution in [0.2, 0.25) is 5.02 Å². The number of amides is 1. The molecule has 0 bridgehead atoms. The van der Waals surface area contributed by atoms with E-state index in [0.717, 1.165) is 26.2 Å². The monoisotopic (exact) mass is 240 g/mol. The summed E-state index contributed by atoms with van der Waals surface area (Å²) in [5, 5.41) is 3.72. The average molecular weight is 241 g/mol. The maximum atomic E-state index is 10.9. The van der Waals surface area contributed by atoms with Gasteiger partial charge in [-0.05, 0) is 6.07 Å². The van der Waals surface area contributed by atoms with Crippen LogP contribution in [0, 0.1) is 0 Å². The summed E-state index contributed by atoms with van der Waals surface area (Å²) in [5.41, 5.74) is 5.49. The lowest BCUT2D eigenvalue weighted by Gasteiger charge is -2.29. The van der Waals surface area contributed by atoms with E-state index in [-0.39, 0.29) is 0 Å². The number of halogens is 1. The van der Waals surface area contributed by atoms with E-state index in [0.29, 0.717) is 16.4 Å². The van der Waals surface area contributed by atoms with Crippen molar-refractivity contribution >= 4 is 23.3 Å². The van der Waals surface area contributed by atoms with E-state index in [1.165, 1.54) is 6.20 Å². The van der Waals surface area contributed by atoms with Crippen molar-refractivity contribution < 1.29 is 4.79 Å². The van der Waals surface area contributed by atoms with E-state index in [9.17, 15) is 4.79 Å². The molecule has 0 unspecified atom stereocenters. The minimum absolute atomic E-state index is 0.337. The van der Waals surface area contributed by atoms with Gasteiger partial charge in [0, 0.05) is 32.4 Å². The highest BCUT2D eigenvalue weighted by Gasteiger charge is 2.15. The summed E-state index contributed by atoms with van der Waals surface area (Å²) < 4.78 is 0. The van der Waals surface area contributed by atoms with Crippen molar-refractivity contribution in [3.63, 3.8) is 0 Å². The number of pyridine rings is 1. The molecule has 86 valence electrons. The number of hydrogen-bond donors (Lipinski definition) is 2. The normalized spacial score (nSPS) is 16.2. The van der Waals surface area contributed by atoms with E-state index >= 15 is 0 Å². The van der Waals surface area contributed by atoms with Crippen LogP contribution in [0.5, 0.6) is 0 Å². The molecule has 0 saturated carbocycles. The number of aromatic nitrogens is 1. The van der Waals surface area contributed by atoms with E-state index < -0.39 is 5.91 Å². The quantitative estimate of drug-likeness (QED) is 0.777. The highest BCUT2D eigenvalue weighted by Crippen LogP contribution is 2.24. The molecule has 1 aliphatic heterocycles. The Bertz CT molecular complexity index is 404. The van der Waals surface area contributed by atoms with Gasteiger partial charge >= 0.3 is 0 Å². The van der Waals surface area contributed by atoms with Gasteiger partial charge in [0.25, 0.3) is 0 Å². The summed E-state index contributed by atoms with van der Waals surface area (Å²) in [6.07, 6.45) is 1.46. The largest absolute Gasteiger partial charge is 0.366 e. The standard InChI is InChI=1S/C10H13ClN4O/c11-8-5-7(9(12)16)6-14-10(8)15-3-1-13-2-4-15/h5-6,13H,1-4H2,(H2,12,16). The van der Waals surface area contributed by atoms with Crippen LogP contribution in [-0.4, -0.2) is 37.1 Å². The minimum atomic E-state index is -0.513. The highest BCUT2D eigenvalue weighted by atomic mass is 35.5. The summed E-state index contributed by atoms with van der Waals surface area (Å²) in [6, 6.07) is 1.56. The van der Waals surface area contributed by atoms with Crippen molar-refractivity contribution in [2.75, 3.05) is 31.1 Å². The summed E-state index contributed by atoms with van der Waals surface area (Å²) in [5.74, 6) is 0.203. The maximum Gasteiger partial charge on any atom is 0.250 e. The summed E-state index contributed by atoms with van der Waals surface area (Å²) in [6.45, 7) is 3.55. The summed E-state index contributed by atoms with van der Waals surface area (Å²) in [7, 11) is 0. The van der Waals surface area contributed by atoms with Gasteiger partial charge in [-0.25, -0.2) is 4.98 Å². The molecule has 3 N–H and O–H groups in total. The van der Waals surface area contributed by atoms with E-state index in [1.54, 1.807) is 6.07 Å². The lowest BCUT2D eigenvalue weighted by molar-refractivity contribution is 0.1000. The first-order chi connectivity index (χ1) is 7.68. The Labute approximate surface area is 98.6 Å². The van der Waals surface area contributed by atoms with E-state index in [2.05, 4.69) is 15.2 Å². The molecular formula is C10H13ClN4O. The number of hydrogen-bond acceptors (Lipinski definition) is 4. The Morgan fingerprint density at radius 1 is 1.50 bits per heavy atom. The Hall–Kier alpha value is -1.33. The molecule has 0 atom stereocenters. The first-order valence-corrected chi connectivity index (χ1v) is 5.47. The third-order valence-corrected chi connectivity index (χ3v) is 2.80. The minimum Gasteiger partial charge on any atom is -0.366 e. The zero-order valence-electron chi connectivity index (χ0n) is 8.74. The van der Waals surface area contributed by atoms with Crippen molar-refractivity contribution in [2.45, 2.75) is 0 Å². The Balaban J connectivity index is 2.24. The molecule has 6 heteroatoms. The van der Waals surface area contributed by atoms with Crippen LogP contribution in [0.15, 0.2) is 12.3 Å². The van der Waals surface area contributed by atoms with E-state index in [4.69, 9.17) is 17.3 Å². The number of piperazine rings is 1. The van der Waals surface area contributed by atoms with Crippen molar-refractivity contribution in [3.8, 4) is 0 Å². The number of rotatable bonds is 2. The molecule has 2 rings (SSSR count). The zero-order valence-corrected chi connectivity index (χ0v) is 9.50. The van der Waals surface area contributed by atoms with Crippen LogP contribution < -0.4 is 16.0 Å². The van der Waals surface area contributed by atoms with Crippen LogP contribution in [0.3, 0.4) is 0 Å². The number of carbonyl (C=O) groups is 1. The number of carbonyl (C=O) groups excluding carboxylic acids is 1. The van der Waals surface area contributed by atoms with Gasteiger partial charge in [0.1, 0.15) is 5.82 Å². The third kappa shape index (κ3) is 2.25. The molecule has 0 aliphatic carbocycles. The number of anilines is 1. The van der Waals surface area contributed by atoms with Crippen molar-refractivity contribution in [3.05, 3.63) is 22.8 Å². The predicted octanol–water partition coefficient (Wildman–Crippen LogP) is 0.243. The molecule has 2 heterocycles. The Kier molecular flexibility index (Phi) is 3.26. The number of nitrogens with two attached hydrogens (primary N) is 1. The molecule has 1 amide bonds. The lowest BCUT2D eigenvalue weighted by atomic mass is 10.2. The molecule has 1 aromatic heterocycles. The SMILES string of the molecule is NC(=O)c1cnc(N2CCNCC2)c(Cl)c1. The fourth-order valence-corrected chi connectivity index (χ4v) is 1.96. The van der Waals surface area contributed by atoms with Gasteiger partial charge in [-0.15, -0.1) is 0 Å². The van der Waals surface area contributed by atoms with Crippen LogP contribution in [0.25, 0.3) is 0 Å². The van der Waals surface area contributed by atoms with Gasteiger partial charge < -0.3 is 16.0 Å². The predicted molar refractivity (Wildman–Crippen MR) is 62.8 cm³/mol. The topological polar surface area (TPSA) is 71.2 Å². The van der Waals surface area contributed by atoms with Gasteiger partial charge in [-0.3, -0.25) is 4.79 Å². The van der Waals surface area contributed by atoms with E-state index in [1.807, 2.05) is 0 Å². The first-order valence-electron chi connectivity index (χ1n) is 5.09.